The molecule has 0 unspecified atom stereocenters. The van der Waals surface area contributed by atoms with Crippen LogP contribution in [0.2, 0.25) is 0 Å². The van der Waals surface area contributed by atoms with Crippen LogP contribution >= 0.6 is 0 Å². The van der Waals surface area contributed by atoms with E-state index in [1.54, 1.807) is 0 Å². The molecular weight excluding hydrogens is 248 g/mol. The molecule has 0 spiro atoms. The van der Waals surface area contributed by atoms with E-state index in [4.69, 9.17) is 5.73 Å². The van der Waals surface area contributed by atoms with Gasteiger partial charge in [0.2, 0.25) is 5.91 Å². The van der Waals surface area contributed by atoms with E-state index in [1.807, 2.05) is 24.3 Å². The van der Waals surface area contributed by atoms with Gasteiger partial charge in [-0.15, -0.1) is 0 Å². The minimum Gasteiger partial charge on any atom is -0.399 e. The number of hydrogen-bond donors (Lipinski definition) is 2. The molecule has 0 saturated heterocycles. The first-order valence-electron chi connectivity index (χ1n) is 7.83. The maximum Gasteiger partial charge on any atom is 0.220 e. The number of nitrogen functional groups attached to an aromatic ring is 1. The summed E-state index contributed by atoms with van der Waals surface area (Å²) >= 11 is 0. The van der Waals surface area contributed by atoms with E-state index >= 15 is 0 Å². The van der Waals surface area contributed by atoms with Gasteiger partial charge in [-0.3, -0.25) is 4.79 Å². The summed E-state index contributed by atoms with van der Waals surface area (Å²) in [6, 6.07) is 7.81. The number of carbonyl (C=O) groups is 1. The number of carbonyl (C=O) groups excluding carboxylic acids is 1. The zero-order chi connectivity index (χ0) is 14.6. The normalized spacial score (nSPS) is 10.4. The van der Waals surface area contributed by atoms with Gasteiger partial charge < -0.3 is 11.1 Å². The number of hydrogen-bond acceptors (Lipinski definition) is 2. The summed E-state index contributed by atoms with van der Waals surface area (Å²) in [5.74, 6) is 0.177. The average molecular weight is 276 g/mol. The van der Waals surface area contributed by atoms with Gasteiger partial charge in [-0.1, -0.05) is 51.2 Å². The number of amides is 1. The van der Waals surface area contributed by atoms with Crippen LogP contribution in [0.5, 0.6) is 0 Å². The molecule has 3 N–H and O–H groups in total. The van der Waals surface area contributed by atoms with Crippen molar-refractivity contribution >= 4 is 11.6 Å². The third-order valence-corrected chi connectivity index (χ3v) is 3.47. The molecule has 0 bridgehead atoms. The minimum atomic E-state index is 0.177. The van der Waals surface area contributed by atoms with Gasteiger partial charge in [0.15, 0.2) is 0 Å². The van der Waals surface area contributed by atoms with Gasteiger partial charge in [-0.25, -0.2) is 0 Å². The molecule has 0 atom stereocenters. The van der Waals surface area contributed by atoms with E-state index in [-0.39, 0.29) is 5.91 Å². The highest BCUT2D eigenvalue weighted by Crippen LogP contribution is 2.07. The average Bonchev–Trinajstić information content (AvgIpc) is 2.45. The van der Waals surface area contributed by atoms with Gasteiger partial charge in [-0.2, -0.15) is 0 Å². The van der Waals surface area contributed by atoms with Gasteiger partial charge >= 0.3 is 0 Å². The first-order chi connectivity index (χ1) is 9.72. The molecule has 0 aliphatic carbocycles. The third kappa shape index (κ3) is 7.82. The Balaban J connectivity index is 2.01. The van der Waals surface area contributed by atoms with Crippen molar-refractivity contribution < 1.29 is 4.79 Å². The molecular formula is C17H28N2O. The first-order valence-corrected chi connectivity index (χ1v) is 7.83. The Kier molecular flexibility index (Phi) is 8.52. The summed E-state index contributed by atoms with van der Waals surface area (Å²) in [6.45, 7) is 2.92. The molecule has 3 heteroatoms. The van der Waals surface area contributed by atoms with Gasteiger partial charge in [0.05, 0.1) is 0 Å². The Bertz CT molecular complexity index is 373. The summed E-state index contributed by atoms with van der Waals surface area (Å²) < 4.78 is 0. The number of nitrogens with one attached hydrogen (secondary N) is 1. The highest BCUT2D eigenvalue weighted by atomic mass is 16.1. The van der Waals surface area contributed by atoms with Gasteiger partial charge in [0.1, 0.15) is 0 Å². The van der Waals surface area contributed by atoms with Crippen LogP contribution in [-0.4, -0.2) is 12.5 Å². The Morgan fingerprint density at radius 1 is 1.05 bits per heavy atom. The second-order valence-corrected chi connectivity index (χ2v) is 5.36. The lowest BCUT2D eigenvalue weighted by Crippen LogP contribution is -2.25. The minimum absolute atomic E-state index is 0.177. The molecule has 0 radical (unpaired) electrons. The van der Waals surface area contributed by atoms with Crippen molar-refractivity contribution in [2.45, 2.75) is 58.3 Å². The maximum absolute atomic E-state index is 11.6. The van der Waals surface area contributed by atoms with E-state index in [0.717, 1.165) is 18.5 Å². The van der Waals surface area contributed by atoms with Crippen molar-refractivity contribution in [2.24, 2.45) is 0 Å². The molecule has 0 aliphatic rings. The molecule has 1 amide bonds. The van der Waals surface area contributed by atoms with Crippen LogP contribution in [0.4, 0.5) is 5.69 Å². The van der Waals surface area contributed by atoms with Crippen LogP contribution in [0.25, 0.3) is 0 Å². The first kappa shape index (κ1) is 16.5. The van der Waals surface area contributed by atoms with Crippen LogP contribution in [0.15, 0.2) is 24.3 Å². The summed E-state index contributed by atoms with van der Waals surface area (Å²) in [4.78, 5) is 11.6. The van der Waals surface area contributed by atoms with Crippen molar-refractivity contribution in [3.63, 3.8) is 0 Å². The molecule has 20 heavy (non-hydrogen) atoms. The predicted molar refractivity (Wildman–Crippen MR) is 85.6 cm³/mol. The Hall–Kier alpha value is -1.51. The SMILES string of the molecule is CCCCCCCCC(=O)NCCc1ccc(N)cc1. The smallest absolute Gasteiger partial charge is 0.220 e. The Morgan fingerprint density at radius 2 is 1.70 bits per heavy atom. The second kappa shape index (κ2) is 10.3. The highest BCUT2D eigenvalue weighted by Gasteiger charge is 2.01. The summed E-state index contributed by atoms with van der Waals surface area (Å²) in [7, 11) is 0. The van der Waals surface area contributed by atoms with E-state index in [2.05, 4.69) is 12.2 Å². The van der Waals surface area contributed by atoms with Crippen LogP contribution in [0, 0.1) is 0 Å². The zero-order valence-corrected chi connectivity index (χ0v) is 12.7. The topological polar surface area (TPSA) is 55.1 Å². The summed E-state index contributed by atoms with van der Waals surface area (Å²) in [6.07, 6.45) is 8.85. The standard InChI is InChI=1S/C17H28N2O/c1-2-3-4-5-6-7-8-17(20)19-14-13-15-9-11-16(18)12-10-15/h9-12H,2-8,13-14,18H2,1H3,(H,19,20). The van der Waals surface area contributed by atoms with Gasteiger partial charge in [0, 0.05) is 18.7 Å². The van der Waals surface area contributed by atoms with Crippen LogP contribution in [-0.2, 0) is 11.2 Å². The lowest BCUT2D eigenvalue weighted by atomic mass is 10.1. The molecule has 0 fully saturated rings. The van der Waals surface area contributed by atoms with E-state index in [1.165, 1.54) is 37.7 Å². The van der Waals surface area contributed by atoms with E-state index in [9.17, 15) is 4.79 Å². The fraction of sp³-hybridized carbons (Fsp3) is 0.588. The number of nitrogens with two attached hydrogens (primary N) is 1. The third-order valence-electron chi connectivity index (χ3n) is 3.47. The highest BCUT2D eigenvalue weighted by molar-refractivity contribution is 5.75. The largest absolute Gasteiger partial charge is 0.399 e. The fourth-order valence-electron chi connectivity index (χ4n) is 2.18. The van der Waals surface area contributed by atoms with E-state index < -0.39 is 0 Å². The van der Waals surface area contributed by atoms with Crippen molar-refractivity contribution in [3.8, 4) is 0 Å². The van der Waals surface area contributed by atoms with Crippen molar-refractivity contribution in [2.75, 3.05) is 12.3 Å². The monoisotopic (exact) mass is 276 g/mol. The molecule has 0 saturated carbocycles. The lowest BCUT2D eigenvalue weighted by Gasteiger charge is -2.06. The number of rotatable bonds is 10. The van der Waals surface area contributed by atoms with Crippen LogP contribution < -0.4 is 11.1 Å². The predicted octanol–water partition coefficient (Wildman–Crippen LogP) is 3.68. The summed E-state index contributed by atoms with van der Waals surface area (Å²) in [5.41, 5.74) is 7.62. The van der Waals surface area contributed by atoms with Crippen molar-refractivity contribution in [1.29, 1.82) is 0 Å². The quantitative estimate of drug-likeness (QED) is 0.506. The molecule has 0 heterocycles. The molecule has 1 aromatic carbocycles. The lowest BCUT2D eigenvalue weighted by molar-refractivity contribution is -0.121. The molecule has 1 rings (SSSR count). The van der Waals surface area contributed by atoms with Gasteiger partial charge in [-0.05, 0) is 30.5 Å². The van der Waals surface area contributed by atoms with Crippen LogP contribution in [0.1, 0.15) is 57.4 Å². The molecule has 0 aliphatic heterocycles. The zero-order valence-electron chi connectivity index (χ0n) is 12.7. The number of benzene rings is 1. The molecule has 1 aromatic rings. The molecule has 112 valence electrons. The maximum atomic E-state index is 11.6. The number of unbranched alkanes of at least 4 members (excludes halogenated alkanes) is 5. The Labute approximate surface area is 122 Å². The van der Waals surface area contributed by atoms with Crippen LogP contribution in [0.3, 0.4) is 0 Å². The number of anilines is 1. The summed E-state index contributed by atoms with van der Waals surface area (Å²) in [5, 5.41) is 2.98. The van der Waals surface area contributed by atoms with E-state index in [0.29, 0.717) is 13.0 Å². The Morgan fingerprint density at radius 3 is 2.40 bits per heavy atom. The van der Waals surface area contributed by atoms with Crippen molar-refractivity contribution in [1.82, 2.24) is 5.32 Å². The molecule has 3 nitrogen and oxygen atoms in total. The molecule has 0 aromatic heterocycles. The van der Waals surface area contributed by atoms with Gasteiger partial charge in [0.25, 0.3) is 0 Å². The second-order valence-electron chi connectivity index (χ2n) is 5.36. The van der Waals surface area contributed by atoms with Crippen molar-refractivity contribution in [3.05, 3.63) is 29.8 Å². The fourth-order valence-corrected chi connectivity index (χ4v) is 2.18.